The molecule has 0 radical (unpaired) electrons. The highest BCUT2D eigenvalue weighted by Gasteiger charge is 2.33. The lowest BCUT2D eigenvalue weighted by atomic mass is 10.6. The molecule has 7 heteroatoms. The summed E-state index contributed by atoms with van der Waals surface area (Å²) in [6, 6.07) is 0. The van der Waals surface area contributed by atoms with Gasteiger partial charge in [-0.2, -0.15) is 0 Å². The molecule has 0 spiro atoms. The molecule has 0 bridgehead atoms. The zero-order valence-electron chi connectivity index (χ0n) is 7.56. The van der Waals surface area contributed by atoms with Gasteiger partial charge in [0.1, 0.15) is 5.37 Å². The fourth-order valence-corrected chi connectivity index (χ4v) is 1.30. The topological polar surface area (TPSA) is 30.5 Å². The molecular formula is C6H14F3NO2S. The molecule has 0 saturated carbocycles. The van der Waals surface area contributed by atoms with E-state index in [9.17, 15) is 11.7 Å². The number of halogens is 3. The van der Waals surface area contributed by atoms with Crippen molar-refractivity contribution in [3.63, 3.8) is 0 Å². The molecule has 0 aromatic heterocycles. The second-order valence-corrected chi connectivity index (χ2v) is 3.79. The van der Waals surface area contributed by atoms with Gasteiger partial charge in [0.15, 0.2) is 0 Å². The maximum Gasteiger partial charge on any atom is 0.227 e. The van der Waals surface area contributed by atoms with Crippen LogP contribution in [0.15, 0.2) is 0 Å². The average molecular weight is 221 g/mol. The molecule has 0 amide bonds. The summed E-state index contributed by atoms with van der Waals surface area (Å²) in [5.74, 6) is 0. The van der Waals surface area contributed by atoms with Crippen LogP contribution in [0.4, 0.5) is 11.7 Å². The zero-order valence-corrected chi connectivity index (χ0v) is 8.37. The van der Waals surface area contributed by atoms with Crippen LogP contribution in [0.3, 0.4) is 0 Å². The maximum atomic E-state index is 12.2. The van der Waals surface area contributed by atoms with Gasteiger partial charge in [0.2, 0.25) is 11.2 Å². The molecule has 0 aliphatic heterocycles. The van der Waals surface area contributed by atoms with Crippen molar-refractivity contribution in [2.75, 3.05) is 34.0 Å². The molecule has 82 valence electrons. The maximum absolute atomic E-state index is 12.2. The average Bonchev–Trinajstić information content (AvgIpc) is 2.01. The number of hydrogen-bond acceptors (Lipinski definition) is 3. The molecule has 1 N–H and O–H groups in total. The smallest absolute Gasteiger partial charge is 0.227 e. The van der Waals surface area contributed by atoms with E-state index < -0.39 is 16.6 Å². The summed E-state index contributed by atoms with van der Waals surface area (Å²) < 4.78 is 45.8. The van der Waals surface area contributed by atoms with E-state index >= 15 is 0 Å². The molecule has 0 saturated heterocycles. The third-order valence-corrected chi connectivity index (χ3v) is 2.27. The molecule has 0 aromatic carbocycles. The lowest BCUT2D eigenvalue weighted by Gasteiger charge is -2.22. The lowest BCUT2D eigenvalue weighted by molar-refractivity contribution is 0.170. The molecule has 0 aromatic rings. The van der Waals surface area contributed by atoms with E-state index in [-0.39, 0.29) is 19.8 Å². The molecule has 0 heterocycles. The summed E-state index contributed by atoms with van der Waals surface area (Å²) in [6.45, 7) is 0.0926. The number of nitrogens with one attached hydrogen (secondary N) is 1. The Balaban J connectivity index is 3.81. The van der Waals surface area contributed by atoms with Gasteiger partial charge in [0, 0.05) is 20.8 Å². The molecule has 0 rings (SSSR count). The van der Waals surface area contributed by atoms with Crippen LogP contribution in [0, 0.1) is 0 Å². The van der Waals surface area contributed by atoms with Crippen LogP contribution in [-0.4, -0.2) is 39.4 Å². The van der Waals surface area contributed by atoms with Crippen molar-refractivity contribution in [3.8, 4) is 0 Å². The highest BCUT2D eigenvalue weighted by molar-refractivity contribution is 8.21. The molecule has 1 unspecified atom stereocenters. The first-order chi connectivity index (χ1) is 6.02. The predicted octanol–water partition coefficient (Wildman–Crippen LogP) is 1.65. The Morgan fingerprint density at radius 3 is 2.23 bits per heavy atom. The summed E-state index contributed by atoms with van der Waals surface area (Å²) in [4.78, 5) is 0. The quantitative estimate of drug-likeness (QED) is 0.663. The number of rotatable bonds is 7. The minimum Gasteiger partial charge on any atom is -0.383 e. The van der Waals surface area contributed by atoms with Gasteiger partial charge in [0.05, 0.1) is 13.2 Å². The summed E-state index contributed by atoms with van der Waals surface area (Å²) in [6.07, 6.45) is 0. The minimum atomic E-state index is -5.10. The molecule has 0 aliphatic rings. The first kappa shape index (κ1) is 13.0. The van der Waals surface area contributed by atoms with Gasteiger partial charge in [-0.25, -0.2) is 0 Å². The standard InChI is InChI=1S/C6H14F3NO2S/c1-11-4-3-10-6(5-12-2)13(7,8)9/h6,10H,3-5H2,1-2H3. The molecule has 0 fully saturated rings. The van der Waals surface area contributed by atoms with Crippen molar-refractivity contribution >= 4 is 11.2 Å². The van der Waals surface area contributed by atoms with E-state index in [1.165, 1.54) is 14.2 Å². The summed E-state index contributed by atoms with van der Waals surface area (Å²) in [5, 5.41) is 0.789. The van der Waals surface area contributed by atoms with E-state index in [2.05, 4.69) is 14.8 Å². The molecule has 13 heavy (non-hydrogen) atoms. The summed E-state index contributed by atoms with van der Waals surface area (Å²) >= 11 is -5.10. The van der Waals surface area contributed by atoms with Crippen LogP contribution < -0.4 is 5.32 Å². The molecule has 3 nitrogen and oxygen atoms in total. The minimum absolute atomic E-state index is 0.178. The van der Waals surface area contributed by atoms with Gasteiger partial charge in [-0.15, -0.1) is 11.7 Å². The Bertz CT molecular complexity index is 134. The van der Waals surface area contributed by atoms with Gasteiger partial charge in [-0.05, 0) is 0 Å². The van der Waals surface area contributed by atoms with Crippen molar-refractivity contribution < 1.29 is 21.1 Å². The lowest BCUT2D eigenvalue weighted by Crippen LogP contribution is -2.35. The number of ether oxygens (including phenoxy) is 2. The van der Waals surface area contributed by atoms with Gasteiger partial charge < -0.3 is 9.47 Å². The Labute approximate surface area is 77.8 Å². The van der Waals surface area contributed by atoms with E-state index in [1.807, 2.05) is 0 Å². The largest absolute Gasteiger partial charge is 0.383 e. The Morgan fingerprint density at radius 2 is 1.85 bits per heavy atom. The Morgan fingerprint density at radius 1 is 1.23 bits per heavy atom. The van der Waals surface area contributed by atoms with Crippen molar-refractivity contribution in [1.82, 2.24) is 5.32 Å². The first-order valence-electron chi connectivity index (χ1n) is 3.64. The number of methoxy groups -OCH3 is 2. The van der Waals surface area contributed by atoms with Crippen LogP contribution in [0.5, 0.6) is 0 Å². The summed E-state index contributed by atoms with van der Waals surface area (Å²) in [5.41, 5.74) is 0. The van der Waals surface area contributed by atoms with Gasteiger partial charge in [0.25, 0.3) is 0 Å². The molecule has 1 atom stereocenters. The van der Waals surface area contributed by atoms with Crippen molar-refractivity contribution in [2.45, 2.75) is 5.37 Å². The van der Waals surface area contributed by atoms with Crippen molar-refractivity contribution in [1.29, 1.82) is 0 Å². The van der Waals surface area contributed by atoms with Gasteiger partial charge in [-0.3, -0.25) is 5.32 Å². The third kappa shape index (κ3) is 6.14. The molecular weight excluding hydrogens is 207 g/mol. The van der Waals surface area contributed by atoms with Crippen LogP contribution in [-0.2, 0) is 9.47 Å². The normalized spacial score (nSPS) is 15.8. The van der Waals surface area contributed by atoms with E-state index in [4.69, 9.17) is 0 Å². The highest BCUT2D eigenvalue weighted by Crippen LogP contribution is 2.56. The first-order valence-corrected chi connectivity index (χ1v) is 5.04. The Hall–Kier alpha value is 0.0200. The van der Waals surface area contributed by atoms with Gasteiger partial charge >= 0.3 is 0 Å². The Kier molecular flexibility index (Phi) is 6.48. The monoisotopic (exact) mass is 221 g/mol. The highest BCUT2D eigenvalue weighted by atomic mass is 32.3. The van der Waals surface area contributed by atoms with Crippen LogP contribution in [0.25, 0.3) is 0 Å². The molecule has 0 aliphatic carbocycles. The fourth-order valence-electron chi connectivity index (χ4n) is 0.704. The van der Waals surface area contributed by atoms with Crippen LogP contribution >= 0.6 is 11.2 Å². The number of hydrogen-bond donors (Lipinski definition) is 1. The van der Waals surface area contributed by atoms with Gasteiger partial charge in [-0.1, -0.05) is 0 Å². The second-order valence-electron chi connectivity index (χ2n) is 2.33. The van der Waals surface area contributed by atoms with Crippen LogP contribution in [0.1, 0.15) is 0 Å². The summed E-state index contributed by atoms with van der Waals surface area (Å²) in [7, 11) is 2.68. The fraction of sp³-hybridized carbons (Fsp3) is 1.00. The van der Waals surface area contributed by atoms with Crippen molar-refractivity contribution in [3.05, 3.63) is 0 Å². The van der Waals surface area contributed by atoms with Crippen molar-refractivity contribution in [2.24, 2.45) is 0 Å². The third-order valence-electron chi connectivity index (χ3n) is 1.32. The van der Waals surface area contributed by atoms with E-state index in [0.29, 0.717) is 0 Å². The predicted molar refractivity (Wildman–Crippen MR) is 46.5 cm³/mol. The van der Waals surface area contributed by atoms with E-state index in [0.717, 1.165) is 0 Å². The second kappa shape index (κ2) is 6.47. The van der Waals surface area contributed by atoms with E-state index in [1.54, 1.807) is 0 Å². The SMILES string of the molecule is COCCNC(COC)S(F)(F)F. The van der Waals surface area contributed by atoms with Crippen LogP contribution in [0.2, 0.25) is 0 Å². The zero-order chi connectivity index (χ0) is 10.3.